The predicted molar refractivity (Wildman–Crippen MR) is 65.5 cm³/mol. The Morgan fingerprint density at radius 1 is 1.61 bits per heavy atom. The summed E-state index contributed by atoms with van der Waals surface area (Å²) in [6, 6.07) is -0.674. The summed E-state index contributed by atoms with van der Waals surface area (Å²) < 4.78 is 10.6. The third kappa shape index (κ3) is 4.40. The SMILES string of the molecule is CC(C)(C)OC(=O)N[C@H](/C(N)=N\O)[C@H]1CCCO1. The van der Waals surface area contributed by atoms with E-state index in [0.717, 1.165) is 12.8 Å². The predicted octanol–water partition coefficient (Wildman–Crippen LogP) is 0.805. The first-order chi connectivity index (χ1) is 8.33. The lowest BCUT2D eigenvalue weighted by Crippen LogP contribution is -2.52. The molecule has 1 aliphatic rings. The summed E-state index contributed by atoms with van der Waals surface area (Å²) in [5, 5.41) is 14.2. The van der Waals surface area contributed by atoms with Crippen molar-refractivity contribution in [3.63, 3.8) is 0 Å². The standard InChI is InChI=1S/C11H21N3O4/c1-11(2,3)18-10(15)13-8(9(12)14-16)7-5-4-6-17-7/h7-8,16H,4-6H2,1-3H3,(H2,12,14)(H,13,15)/t7-,8+/m1/s1. The minimum absolute atomic E-state index is 0.0900. The van der Waals surface area contributed by atoms with Crippen molar-refractivity contribution >= 4 is 11.9 Å². The molecule has 0 saturated carbocycles. The van der Waals surface area contributed by atoms with Crippen LogP contribution in [0.15, 0.2) is 5.16 Å². The van der Waals surface area contributed by atoms with Gasteiger partial charge in [-0.05, 0) is 33.6 Å². The van der Waals surface area contributed by atoms with Gasteiger partial charge in [0, 0.05) is 6.61 Å². The van der Waals surface area contributed by atoms with E-state index in [1.807, 2.05) is 0 Å². The third-order valence-electron chi connectivity index (χ3n) is 2.44. The number of nitrogens with two attached hydrogens (primary N) is 1. The van der Waals surface area contributed by atoms with E-state index in [2.05, 4.69) is 10.5 Å². The molecule has 1 heterocycles. The molecule has 0 aromatic heterocycles. The quantitative estimate of drug-likeness (QED) is 0.301. The molecule has 7 nitrogen and oxygen atoms in total. The van der Waals surface area contributed by atoms with Crippen LogP contribution in [0.3, 0.4) is 0 Å². The van der Waals surface area contributed by atoms with E-state index < -0.39 is 17.7 Å². The van der Waals surface area contributed by atoms with Crippen LogP contribution in [0.2, 0.25) is 0 Å². The van der Waals surface area contributed by atoms with E-state index in [1.165, 1.54) is 0 Å². The number of rotatable bonds is 3. The van der Waals surface area contributed by atoms with Crippen molar-refractivity contribution in [3.05, 3.63) is 0 Å². The maximum absolute atomic E-state index is 11.7. The van der Waals surface area contributed by atoms with Gasteiger partial charge >= 0.3 is 6.09 Å². The van der Waals surface area contributed by atoms with Crippen molar-refractivity contribution in [2.24, 2.45) is 10.9 Å². The largest absolute Gasteiger partial charge is 0.444 e. The second-order valence-corrected chi connectivity index (χ2v) is 5.20. The van der Waals surface area contributed by atoms with E-state index in [-0.39, 0.29) is 11.9 Å². The molecule has 1 saturated heterocycles. The molecule has 104 valence electrons. The normalized spacial score (nSPS) is 22.6. The van der Waals surface area contributed by atoms with E-state index in [9.17, 15) is 4.79 Å². The lowest BCUT2D eigenvalue weighted by Gasteiger charge is -2.25. The maximum atomic E-state index is 11.7. The summed E-state index contributed by atoms with van der Waals surface area (Å²) in [4.78, 5) is 11.7. The summed E-state index contributed by atoms with van der Waals surface area (Å²) in [5.74, 6) is -0.0900. The van der Waals surface area contributed by atoms with Gasteiger partial charge in [0.2, 0.25) is 0 Å². The van der Waals surface area contributed by atoms with E-state index >= 15 is 0 Å². The Kier molecular flexibility index (Phi) is 4.77. The molecule has 1 amide bonds. The molecule has 0 aromatic carbocycles. The third-order valence-corrected chi connectivity index (χ3v) is 2.44. The van der Waals surface area contributed by atoms with Crippen LogP contribution < -0.4 is 11.1 Å². The van der Waals surface area contributed by atoms with Gasteiger partial charge in [-0.25, -0.2) is 4.79 Å². The van der Waals surface area contributed by atoms with Crippen molar-refractivity contribution in [1.82, 2.24) is 5.32 Å². The molecule has 0 aromatic rings. The summed E-state index contributed by atoms with van der Waals surface area (Å²) in [6.07, 6.45) is 0.732. The van der Waals surface area contributed by atoms with Crippen molar-refractivity contribution < 1.29 is 19.5 Å². The average Bonchev–Trinajstić information content (AvgIpc) is 2.75. The number of carbonyl (C=O) groups excluding carboxylic acids is 1. The first-order valence-corrected chi connectivity index (χ1v) is 5.92. The van der Waals surface area contributed by atoms with Gasteiger partial charge in [-0.15, -0.1) is 0 Å². The zero-order valence-electron chi connectivity index (χ0n) is 11.0. The molecular weight excluding hydrogens is 238 g/mol. The van der Waals surface area contributed by atoms with Gasteiger partial charge in [0.25, 0.3) is 0 Å². The van der Waals surface area contributed by atoms with Crippen LogP contribution in [0.4, 0.5) is 4.79 Å². The fourth-order valence-electron chi connectivity index (χ4n) is 1.72. The van der Waals surface area contributed by atoms with Gasteiger partial charge in [0.05, 0.1) is 6.10 Å². The zero-order chi connectivity index (χ0) is 13.8. The second-order valence-electron chi connectivity index (χ2n) is 5.20. The number of amides is 1. The van der Waals surface area contributed by atoms with Crippen LogP contribution in [-0.2, 0) is 9.47 Å². The highest BCUT2D eigenvalue weighted by Gasteiger charge is 2.32. The molecule has 0 radical (unpaired) electrons. The van der Waals surface area contributed by atoms with Crippen LogP contribution in [0.1, 0.15) is 33.6 Å². The Morgan fingerprint density at radius 2 is 2.28 bits per heavy atom. The van der Waals surface area contributed by atoms with E-state index in [4.69, 9.17) is 20.4 Å². The molecule has 1 rings (SSSR count). The Balaban J connectivity index is 2.64. The van der Waals surface area contributed by atoms with Crippen molar-refractivity contribution in [1.29, 1.82) is 0 Å². The summed E-state index contributed by atoms with van der Waals surface area (Å²) in [5.41, 5.74) is 4.96. The minimum Gasteiger partial charge on any atom is -0.444 e. The van der Waals surface area contributed by atoms with E-state index in [1.54, 1.807) is 20.8 Å². The van der Waals surface area contributed by atoms with Gasteiger partial charge in [-0.3, -0.25) is 0 Å². The highest BCUT2D eigenvalue weighted by atomic mass is 16.6. The van der Waals surface area contributed by atoms with Crippen molar-refractivity contribution in [2.75, 3.05) is 6.61 Å². The maximum Gasteiger partial charge on any atom is 0.408 e. The van der Waals surface area contributed by atoms with Crippen LogP contribution in [0, 0.1) is 0 Å². The molecule has 0 bridgehead atoms. The number of nitrogens with zero attached hydrogens (tertiary/aromatic N) is 1. The second kappa shape index (κ2) is 5.90. The number of carbonyl (C=O) groups is 1. The first kappa shape index (κ1) is 14.6. The molecular formula is C11H21N3O4. The summed E-state index contributed by atoms with van der Waals surface area (Å²) >= 11 is 0. The topological polar surface area (TPSA) is 106 Å². The molecule has 0 unspecified atom stereocenters. The molecule has 1 fully saturated rings. The number of amidine groups is 1. The zero-order valence-corrected chi connectivity index (χ0v) is 11.0. The molecule has 2 atom stereocenters. The molecule has 7 heteroatoms. The van der Waals surface area contributed by atoms with Crippen molar-refractivity contribution in [2.45, 2.75) is 51.4 Å². The molecule has 18 heavy (non-hydrogen) atoms. The summed E-state index contributed by atoms with van der Waals surface area (Å²) in [7, 11) is 0. The first-order valence-electron chi connectivity index (χ1n) is 5.92. The highest BCUT2D eigenvalue weighted by molar-refractivity contribution is 5.89. The van der Waals surface area contributed by atoms with Crippen molar-refractivity contribution in [3.8, 4) is 0 Å². The lowest BCUT2D eigenvalue weighted by atomic mass is 10.1. The van der Waals surface area contributed by atoms with Gasteiger partial charge in [0.15, 0.2) is 5.84 Å². The molecule has 1 aliphatic heterocycles. The number of hydrogen-bond donors (Lipinski definition) is 3. The number of alkyl carbamates (subject to hydrolysis) is 1. The van der Waals surface area contributed by atoms with Crippen LogP contribution >= 0.6 is 0 Å². The van der Waals surface area contributed by atoms with E-state index in [0.29, 0.717) is 6.61 Å². The number of ether oxygens (including phenoxy) is 2. The van der Waals surface area contributed by atoms with Gasteiger partial charge < -0.3 is 25.7 Å². The minimum atomic E-state index is -0.674. The van der Waals surface area contributed by atoms with Crippen LogP contribution in [0.25, 0.3) is 0 Å². The Bertz CT molecular complexity index is 319. The average molecular weight is 259 g/mol. The fraction of sp³-hybridized carbons (Fsp3) is 0.818. The Labute approximate surface area is 106 Å². The number of hydrogen-bond acceptors (Lipinski definition) is 5. The highest BCUT2D eigenvalue weighted by Crippen LogP contribution is 2.16. The smallest absolute Gasteiger partial charge is 0.408 e. The molecule has 0 aliphatic carbocycles. The van der Waals surface area contributed by atoms with Gasteiger partial charge in [-0.1, -0.05) is 5.16 Å². The monoisotopic (exact) mass is 259 g/mol. The fourth-order valence-corrected chi connectivity index (χ4v) is 1.72. The van der Waals surface area contributed by atoms with Crippen LogP contribution in [0.5, 0.6) is 0 Å². The number of nitrogens with one attached hydrogen (secondary N) is 1. The van der Waals surface area contributed by atoms with Gasteiger partial charge in [-0.2, -0.15) is 0 Å². The molecule has 4 N–H and O–H groups in total. The van der Waals surface area contributed by atoms with Crippen LogP contribution in [-0.4, -0.2) is 41.5 Å². The Hall–Kier alpha value is -1.50. The number of oxime groups is 1. The molecule has 0 spiro atoms. The summed E-state index contributed by atoms with van der Waals surface area (Å²) in [6.45, 7) is 5.89. The van der Waals surface area contributed by atoms with Gasteiger partial charge in [0.1, 0.15) is 11.6 Å². The Morgan fingerprint density at radius 3 is 2.72 bits per heavy atom. The lowest BCUT2D eigenvalue weighted by molar-refractivity contribution is 0.0427.